The number of anilines is 1. The van der Waals surface area contributed by atoms with Crippen LogP contribution in [0, 0.1) is 6.92 Å². The van der Waals surface area contributed by atoms with Crippen LogP contribution < -0.4 is 5.32 Å². The SMILES string of the molecule is CCCCCN1CCN(C(=O)Nc2ccc(C)c(Cl)c2)CC1. The highest BCUT2D eigenvalue weighted by Gasteiger charge is 2.20. The summed E-state index contributed by atoms with van der Waals surface area (Å²) in [4.78, 5) is 16.6. The molecule has 122 valence electrons. The first kappa shape index (κ1) is 17.1. The zero-order valence-electron chi connectivity index (χ0n) is 13.6. The van der Waals surface area contributed by atoms with Crippen LogP contribution in [-0.2, 0) is 0 Å². The maximum Gasteiger partial charge on any atom is 0.321 e. The van der Waals surface area contributed by atoms with Crippen LogP contribution >= 0.6 is 11.6 Å². The van der Waals surface area contributed by atoms with Crippen LogP contribution in [0.2, 0.25) is 5.02 Å². The minimum absolute atomic E-state index is 0.0341. The molecule has 0 saturated carbocycles. The quantitative estimate of drug-likeness (QED) is 0.832. The van der Waals surface area contributed by atoms with Gasteiger partial charge in [-0.3, -0.25) is 4.90 Å². The molecule has 1 aliphatic heterocycles. The van der Waals surface area contributed by atoms with E-state index < -0.39 is 0 Å². The first-order valence-corrected chi connectivity index (χ1v) is 8.52. The average Bonchev–Trinajstić information content (AvgIpc) is 2.52. The van der Waals surface area contributed by atoms with Crippen molar-refractivity contribution < 1.29 is 4.79 Å². The Balaban J connectivity index is 1.78. The van der Waals surface area contributed by atoms with E-state index in [4.69, 9.17) is 11.6 Å². The number of piperazine rings is 1. The topological polar surface area (TPSA) is 35.6 Å². The lowest BCUT2D eigenvalue weighted by Gasteiger charge is -2.34. The Labute approximate surface area is 138 Å². The maximum absolute atomic E-state index is 12.3. The van der Waals surface area contributed by atoms with Crippen molar-refractivity contribution in [2.45, 2.75) is 33.1 Å². The van der Waals surface area contributed by atoms with Crippen molar-refractivity contribution in [3.63, 3.8) is 0 Å². The van der Waals surface area contributed by atoms with E-state index in [1.54, 1.807) is 6.07 Å². The zero-order chi connectivity index (χ0) is 15.9. The van der Waals surface area contributed by atoms with Gasteiger partial charge in [0, 0.05) is 36.9 Å². The molecule has 22 heavy (non-hydrogen) atoms. The summed E-state index contributed by atoms with van der Waals surface area (Å²) < 4.78 is 0. The van der Waals surface area contributed by atoms with Crippen molar-refractivity contribution >= 4 is 23.3 Å². The molecule has 0 atom stereocenters. The number of hydrogen-bond donors (Lipinski definition) is 1. The predicted octanol–water partition coefficient (Wildman–Crippen LogP) is 3.99. The Hall–Kier alpha value is -1.26. The average molecular weight is 324 g/mol. The van der Waals surface area contributed by atoms with Crippen LogP contribution in [0.3, 0.4) is 0 Å². The fourth-order valence-corrected chi connectivity index (χ4v) is 2.81. The summed E-state index contributed by atoms with van der Waals surface area (Å²) in [6, 6.07) is 5.58. The van der Waals surface area contributed by atoms with Gasteiger partial charge in [0.25, 0.3) is 0 Å². The molecule has 5 heteroatoms. The number of carbonyl (C=O) groups is 1. The number of nitrogens with one attached hydrogen (secondary N) is 1. The van der Waals surface area contributed by atoms with Gasteiger partial charge in [0.2, 0.25) is 0 Å². The number of hydrogen-bond acceptors (Lipinski definition) is 2. The predicted molar refractivity (Wildman–Crippen MR) is 92.7 cm³/mol. The van der Waals surface area contributed by atoms with Crippen LogP contribution in [0.15, 0.2) is 18.2 Å². The molecule has 0 aromatic heterocycles. The van der Waals surface area contributed by atoms with Crippen molar-refractivity contribution in [2.75, 3.05) is 38.0 Å². The molecule has 1 aromatic rings. The molecule has 0 spiro atoms. The van der Waals surface area contributed by atoms with Gasteiger partial charge in [-0.05, 0) is 37.6 Å². The molecule has 1 N–H and O–H groups in total. The lowest BCUT2D eigenvalue weighted by atomic mass is 10.2. The number of rotatable bonds is 5. The molecule has 2 rings (SSSR count). The number of halogens is 1. The number of amides is 2. The molecule has 2 amide bonds. The summed E-state index contributed by atoms with van der Waals surface area (Å²) in [5, 5.41) is 3.61. The molecular formula is C17H26ClN3O. The Morgan fingerprint density at radius 1 is 1.23 bits per heavy atom. The molecule has 1 aromatic carbocycles. The summed E-state index contributed by atoms with van der Waals surface area (Å²) in [7, 11) is 0. The molecule has 0 radical (unpaired) electrons. The lowest BCUT2D eigenvalue weighted by Crippen LogP contribution is -2.50. The van der Waals surface area contributed by atoms with E-state index in [-0.39, 0.29) is 6.03 Å². The molecule has 1 aliphatic rings. The van der Waals surface area contributed by atoms with Gasteiger partial charge in [0.05, 0.1) is 0 Å². The smallest absolute Gasteiger partial charge is 0.321 e. The molecule has 0 unspecified atom stereocenters. The van der Waals surface area contributed by atoms with Gasteiger partial charge in [-0.15, -0.1) is 0 Å². The third-order valence-electron chi connectivity index (χ3n) is 4.16. The molecule has 1 heterocycles. The van der Waals surface area contributed by atoms with E-state index in [9.17, 15) is 4.79 Å². The molecule has 0 aliphatic carbocycles. The van der Waals surface area contributed by atoms with Crippen LogP contribution in [0.1, 0.15) is 31.7 Å². The Bertz CT molecular complexity index is 499. The number of unbranched alkanes of at least 4 members (excludes halogenated alkanes) is 2. The fraction of sp³-hybridized carbons (Fsp3) is 0.588. The number of nitrogens with zero attached hydrogens (tertiary/aromatic N) is 2. The molecule has 4 nitrogen and oxygen atoms in total. The van der Waals surface area contributed by atoms with E-state index in [1.807, 2.05) is 24.0 Å². The van der Waals surface area contributed by atoms with Gasteiger partial charge >= 0.3 is 6.03 Å². The van der Waals surface area contributed by atoms with Crippen LogP contribution in [0.5, 0.6) is 0 Å². The first-order chi connectivity index (χ1) is 10.6. The van der Waals surface area contributed by atoms with Crippen LogP contribution in [0.25, 0.3) is 0 Å². The highest BCUT2D eigenvalue weighted by Crippen LogP contribution is 2.20. The van der Waals surface area contributed by atoms with Gasteiger partial charge in [-0.1, -0.05) is 37.4 Å². The largest absolute Gasteiger partial charge is 0.322 e. The minimum Gasteiger partial charge on any atom is -0.322 e. The standard InChI is InChI=1S/C17H26ClN3O/c1-3-4-5-8-20-9-11-21(12-10-20)17(22)19-15-7-6-14(2)16(18)13-15/h6-7,13H,3-5,8-12H2,1-2H3,(H,19,22). The summed E-state index contributed by atoms with van der Waals surface area (Å²) in [5.74, 6) is 0. The van der Waals surface area contributed by atoms with Crippen molar-refractivity contribution in [1.82, 2.24) is 9.80 Å². The van der Waals surface area contributed by atoms with Crippen molar-refractivity contribution in [1.29, 1.82) is 0 Å². The van der Waals surface area contributed by atoms with Crippen molar-refractivity contribution in [3.05, 3.63) is 28.8 Å². The molecule has 1 saturated heterocycles. The summed E-state index contributed by atoms with van der Waals surface area (Å²) >= 11 is 6.09. The Kier molecular flexibility index (Phi) is 6.52. The van der Waals surface area contributed by atoms with E-state index in [0.717, 1.165) is 44.0 Å². The van der Waals surface area contributed by atoms with Crippen molar-refractivity contribution in [3.8, 4) is 0 Å². The van der Waals surface area contributed by atoms with Crippen LogP contribution in [-0.4, -0.2) is 48.6 Å². The third-order valence-corrected chi connectivity index (χ3v) is 4.57. The number of carbonyl (C=O) groups excluding carboxylic acids is 1. The zero-order valence-corrected chi connectivity index (χ0v) is 14.3. The normalized spacial score (nSPS) is 15.9. The lowest BCUT2D eigenvalue weighted by molar-refractivity contribution is 0.146. The van der Waals surface area contributed by atoms with Gasteiger partial charge < -0.3 is 10.2 Å². The van der Waals surface area contributed by atoms with E-state index in [0.29, 0.717) is 5.02 Å². The Morgan fingerprint density at radius 2 is 1.95 bits per heavy atom. The highest BCUT2D eigenvalue weighted by molar-refractivity contribution is 6.31. The fourth-order valence-electron chi connectivity index (χ4n) is 2.63. The summed E-state index contributed by atoms with van der Waals surface area (Å²) in [6.45, 7) is 8.83. The highest BCUT2D eigenvalue weighted by atomic mass is 35.5. The van der Waals surface area contributed by atoms with Gasteiger partial charge in [-0.2, -0.15) is 0 Å². The Morgan fingerprint density at radius 3 is 2.59 bits per heavy atom. The maximum atomic E-state index is 12.3. The van der Waals surface area contributed by atoms with E-state index in [1.165, 1.54) is 19.3 Å². The minimum atomic E-state index is -0.0341. The monoisotopic (exact) mass is 323 g/mol. The second kappa shape index (κ2) is 8.39. The van der Waals surface area contributed by atoms with Crippen molar-refractivity contribution in [2.24, 2.45) is 0 Å². The number of urea groups is 1. The second-order valence-corrected chi connectivity index (χ2v) is 6.34. The second-order valence-electron chi connectivity index (χ2n) is 5.93. The van der Waals surface area contributed by atoms with E-state index >= 15 is 0 Å². The number of aryl methyl sites for hydroxylation is 1. The molecular weight excluding hydrogens is 298 g/mol. The molecule has 0 bridgehead atoms. The van der Waals surface area contributed by atoms with Gasteiger partial charge in [0.1, 0.15) is 0 Å². The van der Waals surface area contributed by atoms with E-state index in [2.05, 4.69) is 17.1 Å². The van der Waals surface area contributed by atoms with Gasteiger partial charge in [0.15, 0.2) is 0 Å². The third kappa shape index (κ3) is 4.89. The number of benzene rings is 1. The summed E-state index contributed by atoms with van der Waals surface area (Å²) in [5.41, 5.74) is 1.77. The van der Waals surface area contributed by atoms with Crippen LogP contribution in [0.4, 0.5) is 10.5 Å². The summed E-state index contributed by atoms with van der Waals surface area (Å²) in [6.07, 6.45) is 3.79. The first-order valence-electron chi connectivity index (χ1n) is 8.14. The van der Waals surface area contributed by atoms with Gasteiger partial charge in [-0.25, -0.2) is 4.79 Å². The molecule has 1 fully saturated rings.